The molecule has 1 aliphatic heterocycles. The molecule has 3 nitrogen and oxygen atoms in total. The normalized spacial score (nSPS) is 24.6. The summed E-state index contributed by atoms with van der Waals surface area (Å²) in [5, 5.41) is 0. The fourth-order valence-corrected chi connectivity index (χ4v) is 4.19. The van der Waals surface area contributed by atoms with Crippen molar-refractivity contribution in [1.82, 2.24) is 4.90 Å². The van der Waals surface area contributed by atoms with Crippen LogP contribution in [0, 0.1) is 11.3 Å². The quantitative estimate of drug-likeness (QED) is 0.831. The molecule has 2 N–H and O–H groups in total. The van der Waals surface area contributed by atoms with Crippen LogP contribution < -0.4 is 5.73 Å². The van der Waals surface area contributed by atoms with Gasteiger partial charge in [-0.1, -0.05) is 40.0 Å². The Morgan fingerprint density at radius 3 is 2.32 bits per heavy atom. The van der Waals surface area contributed by atoms with Crippen molar-refractivity contribution in [3.63, 3.8) is 0 Å². The molecule has 0 bridgehead atoms. The van der Waals surface area contributed by atoms with Gasteiger partial charge in [0.2, 0.25) is 5.91 Å². The highest BCUT2D eigenvalue weighted by Crippen LogP contribution is 2.46. The van der Waals surface area contributed by atoms with Crippen LogP contribution in [0.15, 0.2) is 0 Å². The molecule has 0 spiro atoms. The summed E-state index contributed by atoms with van der Waals surface area (Å²) < 4.78 is 0. The van der Waals surface area contributed by atoms with E-state index in [4.69, 9.17) is 5.73 Å². The van der Waals surface area contributed by atoms with E-state index in [2.05, 4.69) is 20.8 Å². The first-order chi connectivity index (χ1) is 8.91. The predicted octanol–water partition coefficient (Wildman–Crippen LogP) is 2.93. The highest BCUT2D eigenvalue weighted by atomic mass is 16.2. The lowest BCUT2D eigenvalue weighted by molar-refractivity contribution is -0.151. The first-order valence-corrected chi connectivity index (χ1v) is 7.99. The lowest BCUT2D eigenvalue weighted by Gasteiger charge is -2.51. The molecule has 1 saturated heterocycles. The number of carbonyl (C=O) groups excluding carboxylic acids is 1. The predicted molar refractivity (Wildman–Crippen MR) is 78.8 cm³/mol. The van der Waals surface area contributed by atoms with Crippen LogP contribution in [0.1, 0.15) is 65.7 Å². The third-order valence-electron chi connectivity index (χ3n) is 4.86. The van der Waals surface area contributed by atoms with Crippen LogP contribution in [0.4, 0.5) is 0 Å². The van der Waals surface area contributed by atoms with E-state index in [1.54, 1.807) is 0 Å². The molecule has 2 fully saturated rings. The van der Waals surface area contributed by atoms with Crippen molar-refractivity contribution in [1.29, 1.82) is 0 Å². The Morgan fingerprint density at radius 1 is 1.26 bits per heavy atom. The number of carbonyl (C=O) groups is 1. The molecule has 0 atom stereocenters. The van der Waals surface area contributed by atoms with Crippen molar-refractivity contribution in [2.75, 3.05) is 13.1 Å². The highest BCUT2D eigenvalue weighted by Gasteiger charge is 2.49. The van der Waals surface area contributed by atoms with Gasteiger partial charge >= 0.3 is 0 Å². The van der Waals surface area contributed by atoms with Gasteiger partial charge in [0.1, 0.15) is 0 Å². The molecule has 0 aromatic rings. The van der Waals surface area contributed by atoms with Gasteiger partial charge in [-0.3, -0.25) is 4.79 Å². The topological polar surface area (TPSA) is 46.3 Å². The number of likely N-dealkylation sites (tertiary alicyclic amines) is 1. The highest BCUT2D eigenvalue weighted by molar-refractivity contribution is 5.84. The van der Waals surface area contributed by atoms with Crippen molar-refractivity contribution >= 4 is 5.91 Å². The molecule has 19 heavy (non-hydrogen) atoms. The number of hydrogen-bond acceptors (Lipinski definition) is 2. The summed E-state index contributed by atoms with van der Waals surface area (Å²) in [4.78, 5) is 14.9. The molecular weight excluding hydrogens is 236 g/mol. The third kappa shape index (κ3) is 2.96. The second-order valence-corrected chi connectivity index (χ2v) is 7.36. The van der Waals surface area contributed by atoms with Crippen LogP contribution in [0.2, 0.25) is 0 Å². The summed E-state index contributed by atoms with van der Waals surface area (Å²) in [6, 6.07) is 0. The van der Waals surface area contributed by atoms with Gasteiger partial charge in [0, 0.05) is 18.5 Å². The second-order valence-electron chi connectivity index (χ2n) is 7.36. The maximum absolute atomic E-state index is 12.8. The number of hydrogen-bond donors (Lipinski definition) is 1. The molecule has 1 saturated carbocycles. The third-order valence-corrected chi connectivity index (χ3v) is 4.86. The molecule has 1 aliphatic carbocycles. The summed E-state index contributed by atoms with van der Waals surface area (Å²) in [6.07, 6.45) is 7.80. The van der Waals surface area contributed by atoms with Crippen molar-refractivity contribution in [2.24, 2.45) is 17.1 Å². The lowest BCUT2D eigenvalue weighted by atomic mass is 9.75. The molecule has 0 radical (unpaired) electrons. The smallest absolute Gasteiger partial charge is 0.228 e. The standard InChI is InChI=1S/C16H30N2O/c1-4-7-16(17)11-18(12-16)14(19)15(10-13(2)3)8-5-6-9-15/h13H,4-12,17H2,1-3H3. The van der Waals surface area contributed by atoms with Crippen LogP contribution in [-0.4, -0.2) is 29.4 Å². The maximum atomic E-state index is 12.8. The van der Waals surface area contributed by atoms with Crippen LogP contribution in [0.5, 0.6) is 0 Å². The monoisotopic (exact) mass is 266 g/mol. The zero-order valence-corrected chi connectivity index (χ0v) is 12.9. The van der Waals surface area contributed by atoms with E-state index in [9.17, 15) is 4.79 Å². The van der Waals surface area contributed by atoms with E-state index in [1.165, 1.54) is 12.8 Å². The minimum absolute atomic E-state index is 0.0539. The van der Waals surface area contributed by atoms with E-state index in [1.807, 2.05) is 4.90 Å². The van der Waals surface area contributed by atoms with E-state index in [0.717, 1.165) is 45.2 Å². The molecule has 2 aliphatic rings. The van der Waals surface area contributed by atoms with Gasteiger partial charge in [-0.15, -0.1) is 0 Å². The summed E-state index contributed by atoms with van der Waals surface area (Å²) in [5.74, 6) is 0.998. The fraction of sp³-hybridized carbons (Fsp3) is 0.938. The second kappa shape index (κ2) is 5.43. The van der Waals surface area contributed by atoms with Gasteiger partial charge in [-0.25, -0.2) is 0 Å². The van der Waals surface area contributed by atoms with Crippen molar-refractivity contribution < 1.29 is 4.79 Å². The SMILES string of the molecule is CCCC1(N)CN(C(=O)C2(CC(C)C)CCCC2)C1. The first-order valence-electron chi connectivity index (χ1n) is 7.99. The summed E-state index contributed by atoms with van der Waals surface area (Å²) in [7, 11) is 0. The minimum atomic E-state index is -0.0952. The summed E-state index contributed by atoms with van der Waals surface area (Å²) >= 11 is 0. The van der Waals surface area contributed by atoms with Crippen molar-refractivity contribution in [3.8, 4) is 0 Å². The zero-order valence-electron chi connectivity index (χ0n) is 12.9. The van der Waals surface area contributed by atoms with Gasteiger partial charge in [0.25, 0.3) is 0 Å². The maximum Gasteiger partial charge on any atom is 0.228 e. The van der Waals surface area contributed by atoms with Crippen molar-refractivity contribution in [2.45, 2.75) is 71.3 Å². The number of rotatable bonds is 5. The molecule has 0 aromatic carbocycles. The van der Waals surface area contributed by atoms with Crippen LogP contribution in [0.25, 0.3) is 0 Å². The van der Waals surface area contributed by atoms with Gasteiger partial charge in [0.15, 0.2) is 0 Å². The summed E-state index contributed by atoms with van der Waals surface area (Å²) in [5.41, 5.74) is 6.14. The Morgan fingerprint density at radius 2 is 1.84 bits per heavy atom. The Bertz CT molecular complexity index is 326. The Kier molecular flexibility index (Phi) is 4.24. The van der Waals surface area contributed by atoms with Crippen LogP contribution in [0.3, 0.4) is 0 Å². The average molecular weight is 266 g/mol. The van der Waals surface area contributed by atoms with E-state index >= 15 is 0 Å². The average Bonchev–Trinajstić information content (AvgIpc) is 2.74. The van der Waals surface area contributed by atoms with Gasteiger partial charge in [-0.05, 0) is 31.6 Å². The van der Waals surface area contributed by atoms with E-state index in [-0.39, 0.29) is 11.0 Å². The molecule has 1 amide bonds. The number of nitrogens with zero attached hydrogens (tertiary/aromatic N) is 1. The van der Waals surface area contributed by atoms with Gasteiger partial charge in [0.05, 0.1) is 5.54 Å². The van der Waals surface area contributed by atoms with E-state index in [0.29, 0.717) is 11.8 Å². The first kappa shape index (κ1) is 14.8. The number of amides is 1. The molecule has 3 heteroatoms. The lowest BCUT2D eigenvalue weighted by Crippen LogP contribution is -2.70. The largest absolute Gasteiger partial charge is 0.338 e. The van der Waals surface area contributed by atoms with E-state index < -0.39 is 0 Å². The molecule has 2 rings (SSSR count). The molecule has 1 heterocycles. The Labute approximate surface area is 117 Å². The van der Waals surface area contributed by atoms with Gasteiger partial charge < -0.3 is 10.6 Å². The Balaban J connectivity index is 1.98. The zero-order chi connectivity index (χ0) is 14.1. The van der Waals surface area contributed by atoms with Crippen molar-refractivity contribution in [3.05, 3.63) is 0 Å². The fourth-order valence-electron chi connectivity index (χ4n) is 4.19. The number of nitrogens with two attached hydrogens (primary N) is 1. The molecule has 0 unspecified atom stereocenters. The summed E-state index contributed by atoms with van der Waals surface area (Å²) in [6.45, 7) is 8.18. The minimum Gasteiger partial charge on any atom is -0.338 e. The Hall–Kier alpha value is -0.570. The molecule has 110 valence electrons. The molecule has 0 aromatic heterocycles. The van der Waals surface area contributed by atoms with Crippen LogP contribution >= 0.6 is 0 Å². The molecular formula is C16H30N2O. The van der Waals surface area contributed by atoms with Gasteiger partial charge in [-0.2, -0.15) is 0 Å². The van der Waals surface area contributed by atoms with Crippen LogP contribution in [-0.2, 0) is 4.79 Å².